The van der Waals surface area contributed by atoms with E-state index in [1.54, 1.807) is 15.6 Å². The van der Waals surface area contributed by atoms with Gasteiger partial charge in [-0.05, 0) is 0 Å². The summed E-state index contributed by atoms with van der Waals surface area (Å²) < 4.78 is -0.149. The van der Waals surface area contributed by atoms with E-state index in [4.69, 9.17) is 0 Å². The Morgan fingerprint density at radius 2 is 0.653 bits per heavy atom. The van der Waals surface area contributed by atoms with Gasteiger partial charge in [-0.2, -0.15) is 0 Å². The molecule has 0 aliphatic heterocycles. The standard InChI is InChI=1S/C44H61Si.3ClH.Ti/c1-27(2)34-15-16-41(20-34)45(42-21-35(28(3)4)17-36(22-42)29(5)6,43-23-37(30(7)8)18-38(24-43)31(9)10)44-25-39(32(11)12)19-40(26-44)33(13)14;;;;/h15-33H,1-14H3;3*1H;/q;;;;+3/p-3. The Kier molecular flexibility index (Phi) is 17.0. The summed E-state index contributed by atoms with van der Waals surface area (Å²) in [6.07, 6.45) is 7.77. The van der Waals surface area contributed by atoms with Crippen LogP contribution in [0.4, 0.5) is 0 Å². The van der Waals surface area contributed by atoms with Crippen LogP contribution in [0.5, 0.6) is 0 Å². The Labute approximate surface area is 332 Å². The Morgan fingerprint density at radius 3 is 0.837 bits per heavy atom. The normalized spacial score (nSPS) is 16.2. The first-order chi connectivity index (χ1) is 21.4. The fourth-order valence-corrected chi connectivity index (χ4v) is 14.9. The SMILES string of the molecule is CC(C)C1=C[C]([Ti+3])([Si](c2cc(C(C)C)cc(C(C)C)c2)(c2cc(C(C)C)cc(C(C)C)c2)c2cc(C(C)C)cc(C(C)C)c2)C=C1.[Cl-].[Cl-].[Cl-]. The molecule has 49 heavy (non-hydrogen) atoms. The number of halogens is 3. The van der Waals surface area contributed by atoms with Gasteiger partial charge in [-0.1, -0.05) is 0 Å². The average Bonchev–Trinajstić information content (AvgIpc) is 3.40. The van der Waals surface area contributed by atoms with Crippen molar-refractivity contribution in [1.29, 1.82) is 0 Å². The van der Waals surface area contributed by atoms with Crippen LogP contribution in [0.15, 0.2) is 78.4 Å². The molecule has 0 saturated carbocycles. The minimum absolute atomic E-state index is 0. The van der Waals surface area contributed by atoms with Crippen LogP contribution < -0.4 is 52.8 Å². The first-order valence-corrected chi connectivity index (χ1v) is 20.8. The largest absolute Gasteiger partial charge is 1.00 e. The smallest absolute Gasteiger partial charge is 1.00 e. The van der Waals surface area contributed by atoms with Crippen molar-refractivity contribution >= 4 is 23.6 Å². The summed E-state index contributed by atoms with van der Waals surface area (Å²) in [4.78, 5) is 0. The number of allylic oxidation sites excluding steroid dienone is 4. The molecule has 3 aromatic rings. The molecule has 0 radical (unpaired) electrons. The van der Waals surface area contributed by atoms with E-state index in [-0.39, 0.29) is 40.6 Å². The molecule has 0 amide bonds. The third kappa shape index (κ3) is 9.30. The Bertz CT molecular complexity index is 1380. The van der Waals surface area contributed by atoms with E-state index in [1.165, 1.54) is 39.0 Å². The fourth-order valence-electron chi connectivity index (χ4n) is 7.07. The quantitative estimate of drug-likeness (QED) is 0.208. The van der Waals surface area contributed by atoms with Crippen molar-refractivity contribution in [3.8, 4) is 0 Å². The molecule has 1 aliphatic carbocycles. The van der Waals surface area contributed by atoms with E-state index < -0.39 is 8.07 Å². The summed E-state index contributed by atoms with van der Waals surface area (Å²) in [5.74, 6) is 3.23. The molecule has 1 aliphatic rings. The average molecular weight is 772 g/mol. The number of hydrogen-bond acceptors (Lipinski definition) is 0. The maximum absolute atomic E-state index is 2.83. The Morgan fingerprint density at radius 1 is 0.408 bits per heavy atom. The molecule has 3 aromatic carbocycles. The molecule has 0 spiro atoms. The molecule has 0 heterocycles. The van der Waals surface area contributed by atoms with Crippen molar-refractivity contribution in [3.63, 3.8) is 0 Å². The first kappa shape index (κ1) is 46.0. The van der Waals surface area contributed by atoms with Crippen molar-refractivity contribution in [2.75, 3.05) is 0 Å². The predicted molar refractivity (Wildman–Crippen MR) is 203 cm³/mol. The first-order valence-electron chi connectivity index (χ1n) is 18.0. The van der Waals surface area contributed by atoms with Crippen LogP contribution in [0.3, 0.4) is 0 Å². The molecular weight excluding hydrogens is 711 g/mol. The zero-order valence-electron chi connectivity index (χ0n) is 32.6. The van der Waals surface area contributed by atoms with Gasteiger partial charge < -0.3 is 37.2 Å². The van der Waals surface area contributed by atoms with Gasteiger partial charge in [0.1, 0.15) is 0 Å². The van der Waals surface area contributed by atoms with E-state index in [0.29, 0.717) is 41.4 Å². The molecule has 0 fully saturated rings. The van der Waals surface area contributed by atoms with Gasteiger partial charge in [0.15, 0.2) is 0 Å². The van der Waals surface area contributed by atoms with Crippen LogP contribution in [0.2, 0.25) is 3.34 Å². The van der Waals surface area contributed by atoms with E-state index >= 15 is 0 Å². The summed E-state index contributed by atoms with van der Waals surface area (Å²) in [5, 5.41) is 4.67. The molecule has 0 nitrogen and oxygen atoms in total. The van der Waals surface area contributed by atoms with E-state index in [1.807, 2.05) is 0 Å². The van der Waals surface area contributed by atoms with Gasteiger partial charge >= 0.3 is 298 Å². The van der Waals surface area contributed by atoms with Crippen molar-refractivity contribution in [3.05, 3.63) is 112 Å². The summed E-state index contributed by atoms with van der Waals surface area (Å²) in [5.41, 5.74) is 10.2. The number of rotatable bonds is 11. The monoisotopic (exact) mass is 770 g/mol. The van der Waals surface area contributed by atoms with Gasteiger partial charge in [0.2, 0.25) is 0 Å². The molecule has 4 rings (SSSR count). The van der Waals surface area contributed by atoms with Crippen molar-refractivity contribution in [2.45, 2.75) is 136 Å². The van der Waals surface area contributed by atoms with Crippen LogP contribution in [-0.2, 0) is 20.4 Å². The van der Waals surface area contributed by atoms with Crippen molar-refractivity contribution < 1.29 is 57.7 Å². The third-order valence-corrected chi connectivity index (χ3v) is 17.7. The molecule has 0 aromatic heterocycles. The van der Waals surface area contributed by atoms with Gasteiger partial charge in [0.25, 0.3) is 0 Å². The molecule has 1 atom stereocenters. The third-order valence-electron chi connectivity index (χ3n) is 10.5. The number of benzene rings is 3. The van der Waals surface area contributed by atoms with Gasteiger partial charge in [-0.15, -0.1) is 0 Å². The minimum Gasteiger partial charge on any atom is -1.00 e. The fraction of sp³-hybridized carbons (Fsp3) is 0.500. The maximum atomic E-state index is 2.69. The molecule has 0 bridgehead atoms. The van der Waals surface area contributed by atoms with Crippen molar-refractivity contribution in [2.24, 2.45) is 5.92 Å². The summed E-state index contributed by atoms with van der Waals surface area (Å²) in [6.45, 7) is 33.1. The second-order valence-corrected chi connectivity index (χ2v) is 22.5. The zero-order valence-corrected chi connectivity index (χ0v) is 37.4. The Hall–Kier alpha value is -1.06. The topological polar surface area (TPSA) is 0 Å². The number of hydrogen-bond donors (Lipinski definition) is 0. The predicted octanol–water partition coefficient (Wildman–Crippen LogP) is 2.31. The summed E-state index contributed by atoms with van der Waals surface area (Å²) in [6, 6.07) is 23.3. The van der Waals surface area contributed by atoms with Crippen LogP contribution in [0.1, 0.15) is 166 Å². The molecule has 0 saturated heterocycles. The minimum atomic E-state index is -2.83. The van der Waals surface area contributed by atoms with Crippen LogP contribution in [-0.4, -0.2) is 8.07 Å². The summed E-state index contributed by atoms with van der Waals surface area (Å²) in [7, 11) is -2.83. The second kappa shape index (κ2) is 18.1. The van der Waals surface area contributed by atoms with Crippen LogP contribution >= 0.6 is 0 Å². The van der Waals surface area contributed by atoms with Crippen LogP contribution in [0.25, 0.3) is 0 Å². The molecular formula is C44H61Cl3SiTi. The van der Waals surface area contributed by atoms with Gasteiger partial charge in [0, 0.05) is 0 Å². The Balaban J connectivity index is 0.00000400. The van der Waals surface area contributed by atoms with Gasteiger partial charge in [-0.3, -0.25) is 0 Å². The van der Waals surface area contributed by atoms with Gasteiger partial charge in [0.05, 0.1) is 0 Å². The second-order valence-electron chi connectivity index (χ2n) is 16.3. The van der Waals surface area contributed by atoms with E-state index in [9.17, 15) is 0 Å². The van der Waals surface area contributed by atoms with E-state index in [0.717, 1.165) is 0 Å². The molecule has 5 heteroatoms. The van der Waals surface area contributed by atoms with Crippen molar-refractivity contribution in [1.82, 2.24) is 0 Å². The maximum Gasteiger partial charge on any atom is -1.00 e. The zero-order chi connectivity index (χ0) is 34.3. The van der Waals surface area contributed by atoms with Gasteiger partial charge in [-0.25, -0.2) is 0 Å². The molecule has 0 N–H and O–H groups in total. The van der Waals surface area contributed by atoms with E-state index in [2.05, 4.69) is 190 Å². The molecule has 266 valence electrons. The van der Waals surface area contributed by atoms with Crippen LogP contribution in [0, 0.1) is 5.92 Å². The summed E-state index contributed by atoms with van der Waals surface area (Å²) >= 11 is 2.58. The molecule has 1 unspecified atom stereocenters.